The van der Waals surface area contributed by atoms with Crippen LogP contribution in [0.5, 0.6) is 0 Å². The molecule has 96 valence electrons. The Balaban J connectivity index is 2.58. The summed E-state index contributed by atoms with van der Waals surface area (Å²) in [4.78, 5) is 0. The molecule has 0 heterocycles. The molecule has 0 saturated heterocycles. The van der Waals surface area contributed by atoms with Gasteiger partial charge < -0.3 is 10.4 Å². The second-order valence-electron chi connectivity index (χ2n) is 4.39. The van der Waals surface area contributed by atoms with Crippen molar-refractivity contribution >= 4 is 23.2 Å². The van der Waals surface area contributed by atoms with Gasteiger partial charge in [0.15, 0.2) is 0 Å². The van der Waals surface area contributed by atoms with Crippen LogP contribution in [0.4, 0.5) is 0 Å². The van der Waals surface area contributed by atoms with Gasteiger partial charge in [0.2, 0.25) is 0 Å². The number of hydrogen-bond acceptors (Lipinski definition) is 2. The number of hydrogen-bond donors (Lipinski definition) is 2. The van der Waals surface area contributed by atoms with Crippen molar-refractivity contribution in [1.29, 1.82) is 0 Å². The van der Waals surface area contributed by atoms with E-state index in [9.17, 15) is 0 Å². The molecule has 0 amide bonds. The molecule has 17 heavy (non-hydrogen) atoms. The molecule has 0 spiro atoms. The monoisotopic (exact) mass is 275 g/mol. The van der Waals surface area contributed by atoms with Crippen molar-refractivity contribution in [1.82, 2.24) is 5.32 Å². The summed E-state index contributed by atoms with van der Waals surface area (Å²) in [7, 11) is 0. The third-order valence-corrected chi connectivity index (χ3v) is 3.68. The quantitative estimate of drug-likeness (QED) is 0.831. The van der Waals surface area contributed by atoms with Gasteiger partial charge in [0.25, 0.3) is 0 Å². The van der Waals surface area contributed by atoms with E-state index in [1.54, 1.807) is 6.07 Å². The Kier molecular flexibility index (Phi) is 6.28. The lowest BCUT2D eigenvalue weighted by atomic mass is 10.1. The van der Waals surface area contributed by atoms with Gasteiger partial charge in [-0.25, -0.2) is 0 Å². The van der Waals surface area contributed by atoms with Crippen LogP contribution in [0.2, 0.25) is 10.0 Å². The molecular weight excluding hydrogens is 257 g/mol. The molecule has 0 fully saturated rings. The van der Waals surface area contributed by atoms with E-state index in [0.717, 1.165) is 18.5 Å². The first kappa shape index (κ1) is 14.8. The molecule has 1 rings (SSSR count). The summed E-state index contributed by atoms with van der Waals surface area (Å²) in [5.41, 5.74) is 1.01. The highest BCUT2D eigenvalue weighted by Crippen LogP contribution is 2.29. The second kappa shape index (κ2) is 7.22. The van der Waals surface area contributed by atoms with Crippen LogP contribution in [0.25, 0.3) is 0 Å². The van der Waals surface area contributed by atoms with Crippen molar-refractivity contribution in [2.45, 2.75) is 26.3 Å². The lowest BCUT2D eigenvalue weighted by molar-refractivity contribution is 0.258. The molecule has 0 aliphatic rings. The molecule has 0 aliphatic heterocycles. The highest BCUT2D eigenvalue weighted by molar-refractivity contribution is 6.42. The minimum absolute atomic E-state index is 0.155. The first-order valence-electron chi connectivity index (χ1n) is 5.84. The van der Waals surface area contributed by atoms with Crippen LogP contribution in [0.1, 0.15) is 31.9 Å². The zero-order valence-corrected chi connectivity index (χ0v) is 11.7. The summed E-state index contributed by atoms with van der Waals surface area (Å²) >= 11 is 12.1. The van der Waals surface area contributed by atoms with Crippen LogP contribution in [0.15, 0.2) is 18.2 Å². The van der Waals surface area contributed by atoms with Gasteiger partial charge >= 0.3 is 0 Å². The van der Waals surface area contributed by atoms with Gasteiger partial charge in [-0.05, 0) is 37.4 Å². The highest BCUT2D eigenvalue weighted by Gasteiger charge is 2.12. The highest BCUT2D eigenvalue weighted by atomic mass is 35.5. The predicted octanol–water partition coefficient (Wildman–Crippen LogP) is 3.66. The number of aliphatic hydroxyl groups is 1. The van der Waals surface area contributed by atoms with Crippen molar-refractivity contribution < 1.29 is 5.11 Å². The Morgan fingerprint density at radius 1 is 1.29 bits per heavy atom. The van der Waals surface area contributed by atoms with E-state index in [4.69, 9.17) is 28.3 Å². The van der Waals surface area contributed by atoms with Crippen LogP contribution >= 0.6 is 23.2 Å². The third-order valence-electron chi connectivity index (χ3n) is 2.84. The summed E-state index contributed by atoms with van der Waals surface area (Å²) in [6, 6.07) is 5.82. The van der Waals surface area contributed by atoms with Crippen LogP contribution in [0, 0.1) is 5.92 Å². The Morgan fingerprint density at radius 2 is 2.00 bits per heavy atom. The SMILES string of the molecule is CC(CCO)CNC(C)c1cccc(Cl)c1Cl. The van der Waals surface area contributed by atoms with E-state index in [1.807, 2.05) is 12.1 Å². The zero-order valence-electron chi connectivity index (χ0n) is 10.2. The minimum Gasteiger partial charge on any atom is -0.396 e. The second-order valence-corrected chi connectivity index (χ2v) is 5.18. The largest absolute Gasteiger partial charge is 0.396 e. The lowest BCUT2D eigenvalue weighted by Crippen LogP contribution is -2.25. The molecule has 0 aliphatic carbocycles. The van der Waals surface area contributed by atoms with Crippen molar-refractivity contribution in [3.8, 4) is 0 Å². The van der Waals surface area contributed by atoms with Gasteiger partial charge in [0.05, 0.1) is 10.0 Å². The number of halogens is 2. The average molecular weight is 276 g/mol. The molecule has 4 heteroatoms. The minimum atomic E-state index is 0.155. The van der Waals surface area contributed by atoms with Gasteiger partial charge in [-0.2, -0.15) is 0 Å². The maximum atomic E-state index is 8.83. The number of aliphatic hydroxyl groups excluding tert-OH is 1. The van der Waals surface area contributed by atoms with E-state index < -0.39 is 0 Å². The molecule has 2 atom stereocenters. The molecule has 1 aromatic rings. The first-order valence-corrected chi connectivity index (χ1v) is 6.60. The van der Waals surface area contributed by atoms with Crippen LogP contribution in [0.3, 0.4) is 0 Å². The van der Waals surface area contributed by atoms with E-state index in [0.29, 0.717) is 16.0 Å². The smallest absolute Gasteiger partial charge is 0.0639 e. The Bertz CT molecular complexity index is 357. The fourth-order valence-electron chi connectivity index (χ4n) is 1.67. The molecule has 0 bridgehead atoms. The van der Waals surface area contributed by atoms with Crippen molar-refractivity contribution in [2.24, 2.45) is 5.92 Å². The Labute approximate surface area is 113 Å². The van der Waals surface area contributed by atoms with Crippen LogP contribution in [-0.4, -0.2) is 18.3 Å². The van der Waals surface area contributed by atoms with Crippen LogP contribution in [-0.2, 0) is 0 Å². The normalized spacial score (nSPS) is 14.6. The maximum absolute atomic E-state index is 8.83. The van der Waals surface area contributed by atoms with Crippen molar-refractivity contribution in [2.75, 3.05) is 13.2 Å². The Hall–Kier alpha value is -0.280. The number of nitrogens with one attached hydrogen (secondary N) is 1. The summed E-state index contributed by atoms with van der Waals surface area (Å²) in [6.07, 6.45) is 0.809. The fourth-order valence-corrected chi connectivity index (χ4v) is 2.14. The molecule has 2 unspecified atom stereocenters. The number of rotatable bonds is 6. The molecule has 1 aromatic carbocycles. The van der Waals surface area contributed by atoms with Gasteiger partial charge in [0.1, 0.15) is 0 Å². The molecule has 2 nitrogen and oxygen atoms in total. The fraction of sp³-hybridized carbons (Fsp3) is 0.538. The van der Waals surface area contributed by atoms with E-state index in [2.05, 4.69) is 19.2 Å². The first-order chi connectivity index (χ1) is 8.06. The molecule has 0 aromatic heterocycles. The Morgan fingerprint density at radius 3 is 2.65 bits per heavy atom. The molecular formula is C13H19Cl2NO. The van der Waals surface area contributed by atoms with Gasteiger partial charge in [0, 0.05) is 12.6 Å². The zero-order chi connectivity index (χ0) is 12.8. The molecule has 0 saturated carbocycles. The summed E-state index contributed by atoms with van der Waals surface area (Å²) in [6.45, 7) is 5.25. The van der Waals surface area contributed by atoms with E-state index in [-0.39, 0.29) is 12.6 Å². The topological polar surface area (TPSA) is 32.3 Å². The summed E-state index contributed by atoms with van der Waals surface area (Å²) in [5, 5.41) is 13.4. The van der Waals surface area contributed by atoms with Gasteiger partial charge in [-0.3, -0.25) is 0 Å². The molecule has 2 N–H and O–H groups in total. The average Bonchev–Trinajstić information content (AvgIpc) is 2.30. The maximum Gasteiger partial charge on any atom is 0.0639 e. The van der Waals surface area contributed by atoms with E-state index >= 15 is 0 Å². The van der Waals surface area contributed by atoms with Crippen molar-refractivity contribution in [3.63, 3.8) is 0 Å². The third kappa shape index (κ3) is 4.47. The van der Waals surface area contributed by atoms with Gasteiger partial charge in [-0.15, -0.1) is 0 Å². The van der Waals surface area contributed by atoms with Gasteiger partial charge in [-0.1, -0.05) is 42.3 Å². The summed E-state index contributed by atoms with van der Waals surface area (Å²) in [5.74, 6) is 0.445. The van der Waals surface area contributed by atoms with E-state index in [1.165, 1.54) is 0 Å². The van der Waals surface area contributed by atoms with Crippen LogP contribution < -0.4 is 5.32 Å². The lowest BCUT2D eigenvalue weighted by Gasteiger charge is -2.19. The molecule has 0 radical (unpaired) electrons. The van der Waals surface area contributed by atoms with Crippen molar-refractivity contribution in [3.05, 3.63) is 33.8 Å². The predicted molar refractivity (Wildman–Crippen MR) is 73.7 cm³/mol. The number of benzene rings is 1. The standard InChI is InChI=1S/C13H19Cl2NO/c1-9(6-7-17)8-16-10(2)11-4-3-5-12(14)13(11)15/h3-5,9-10,16-17H,6-8H2,1-2H3. The summed E-state index contributed by atoms with van der Waals surface area (Å²) < 4.78 is 0.